The second-order valence-electron chi connectivity index (χ2n) is 7.63. The maximum atomic E-state index is 12.9. The molecule has 1 atom stereocenters. The average Bonchev–Trinajstić information content (AvgIpc) is 2.77. The Morgan fingerprint density at radius 1 is 1.21 bits per heavy atom. The number of rotatable bonds is 10. The largest absolute Gasteiger partial charge is 0.485 e. The smallest absolute Gasteiger partial charge is 0.340 e. The van der Waals surface area contributed by atoms with Gasteiger partial charge in [-0.05, 0) is 49.6 Å². The molecule has 2 aromatic rings. The van der Waals surface area contributed by atoms with E-state index in [4.69, 9.17) is 4.79 Å². The molecule has 1 amide bonds. The standard InChI is InChI=1S/C21H26F4N4O2.CH2O.2H2/c1-12(2)9-27-18-8-15(7-13(3)28-18)14(4)29-19(30)17-6-5-16(10-26-17)31-11-21(24,25)20(22)23;1-2;;/h5-8,10,12,14,20H,9,11H2,1-4H3,(H,27,28)(H,29,30);1H2;2*1H. The lowest BCUT2D eigenvalue weighted by Crippen LogP contribution is -2.33. The van der Waals surface area contributed by atoms with E-state index in [0.29, 0.717) is 11.7 Å². The maximum Gasteiger partial charge on any atom is 0.340 e. The molecule has 0 radical (unpaired) electrons. The number of anilines is 1. The van der Waals surface area contributed by atoms with Gasteiger partial charge in [-0.15, -0.1) is 0 Å². The number of nitrogens with zero attached hydrogens (tertiary/aromatic N) is 2. The minimum Gasteiger partial charge on any atom is -0.485 e. The van der Waals surface area contributed by atoms with Gasteiger partial charge in [0.25, 0.3) is 5.91 Å². The molecule has 0 saturated carbocycles. The summed E-state index contributed by atoms with van der Waals surface area (Å²) in [5.41, 5.74) is 1.68. The SMILES string of the molecule is C=O.Cc1cc(C(C)NC(=O)c2ccc(OCC(F)(F)C(F)F)cn2)cc(NCC(C)C)n1.[HH].[HH]. The van der Waals surface area contributed by atoms with Crippen LogP contribution in [0.1, 0.15) is 51.4 Å². The van der Waals surface area contributed by atoms with E-state index < -0.39 is 24.9 Å². The molecule has 0 aliphatic rings. The van der Waals surface area contributed by atoms with Gasteiger partial charge >= 0.3 is 12.3 Å². The Morgan fingerprint density at radius 2 is 1.88 bits per heavy atom. The van der Waals surface area contributed by atoms with Gasteiger partial charge in [0.05, 0.1) is 12.2 Å². The first-order valence-electron chi connectivity index (χ1n) is 10.0. The number of amides is 1. The van der Waals surface area contributed by atoms with Crippen LogP contribution in [0, 0.1) is 12.8 Å². The molecule has 0 saturated heterocycles. The highest BCUT2D eigenvalue weighted by Crippen LogP contribution is 2.24. The van der Waals surface area contributed by atoms with Crippen LogP contribution in [0.4, 0.5) is 23.4 Å². The third kappa shape index (κ3) is 9.03. The van der Waals surface area contributed by atoms with Crippen molar-refractivity contribution in [1.29, 1.82) is 0 Å². The zero-order valence-corrected chi connectivity index (χ0v) is 18.9. The molecule has 0 bridgehead atoms. The van der Waals surface area contributed by atoms with Gasteiger partial charge in [0.1, 0.15) is 24.1 Å². The van der Waals surface area contributed by atoms with Crippen molar-refractivity contribution in [2.75, 3.05) is 18.5 Å². The van der Waals surface area contributed by atoms with Crippen LogP contribution in [0.3, 0.4) is 0 Å². The Morgan fingerprint density at radius 3 is 2.42 bits per heavy atom. The zero-order chi connectivity index (χ0) is 25.2. The molecule has 33 heavy (non-hydrogen) atoms. The topological polar surface area (TPSA) is 93.2 Å². The number of carbonyl (C=O) groups is 2. The Balaban J connectivity index is 0. The van der Waals surface area contributed by atoms with Gasteiger partial charge in [-0.2, -0.15) is 8.78 Å². The predicted octanol–water partition coefficient (Wildman–Crippen LogP) is 4.93. The minimum absolute atomic E-state index is 0. The molecule has 2 rings (SSSR count). The average molecular weight is 477 g/mol. The molecule has 1 unspecified atom stereocenters. The van der Waals surface area contributed by atoms with Crippen molar-refractivity contribution in [3.8, 4) is 5.75 Å². The predicted molar refractivity (Wildman–Crippen MR) is 120 cm³/mol. The van der Waals surface area contributed by atoms with Gasteiger partial charge < -0.3 is 20.2 Å². The molecule has 0 aromatic carbocycles. The van der Waals surface area contributed by atoms with Gasteiger partial charge in [-0.25, -0.2) is 18.7 Å². The summed E-state index contributed by atoms with van der Waals surface area (Å²) in [6.45, 7) is 9.11. The molecule has 0 aliphatic carbocycles. The number of alkyl halides is 4. The number of aryl methyl sites for hydroxylation is 1. The fourth-order valence-corrected chi connectivity index (χ4v) is 2.54. The van der Waals surface area contributed by atoms with Crippen LogP contribution in [0.15, 0.2) is 30.5 Å². The van der Waals surface area contributed by atoms with Gasteiger partial charge in [0.2, 0.25) is 0 Å². The van der Waals surface area contributed by atoms with Crippen molar-refractivity contribution in [2.24, 2.45) is 5.92 Å². The zero-order valence-electron chi connectivity index (χ0n) is 18.9. The summed E-state index contributed by atoms with van der Waals surface area (Å²) in [5, 5.41) is 6.06. The van der Waals surface area contributed by atoms with Crippen LogP contribution in [0.2, 0.25) is 0 Å². The number of pyridine rings is 2. The van der Waals surface area contributed by atoms with Crippen LogP contribution in [0.5, 0.6) is 5.75 Å². The second kappa shape index (κ2) is 12.7. The molecule has 0 aliphatic heterocycles. The Hall–Kier alpha value is -3.24. The first-order chi connectivity index (χ1) is 15.5. The van der Waals surface area contributed by atoms with Crippen molar-refractivity contribution in [3.05, 3.63) is 47.4 Å². The summed E-state index contributed by atoms with van der Waals surface area (Å²) in [6.07, 6.45) is -2.80. The second-order valence-corrected chi connectivity index (χ2v) is 7.63. The molecule has 0 spiro atoms. The minimum atomic E-state index is -4.27. The summed E-state index contributed by atoms with van der Waals surface area (Å²) in [7, 11) is 0. The van der Waals surface area contributed by atoms with Gasteiger partial charge in [-0.3, -0.25) is 4.79 Å². The number of aromatic nitrogens is 2. The normalized spacial score (nSPS) is 12.1. The monoisotopic (exact) mass is 476 g/mol. The highest BCUT2D eigenvalue weighted by atomic mass is 19.3. The molecule has 2 aromatic heterocycles. The van der Waals surface area contributed by atoms with Crippen LogP contribution < -0.4 is 15.4 Å². The maximum absolute atomic E-state index is 12.9. The van der Waals surface area contributed by atoms with Crippen molar-refractivity contribution < 1.29 is 34.7 Å². The number of hydrogen-bond acceptors (Lipinski definition) is 6. The summed E-state index contributed by atoms with van der Waals surface area (Å²) in [5.74, 6) is -3.73. The quantitative estimate of drug-likeness (QED) is 0.473. The van der Waals surface area contributed by atoms with Crippen LogP contribution in [0.25, 0.3) is 0 Å². The molecule has 2 N–H and O–H groups in total. The molecular formula is C22H32F4N4O3. The van der Waals surface area contributed by atoms with E-state index in [0.717, 1.165) is 24.0 Å². The van der Waals surface area contributed by atoms with E-state index >= 15 is 0 Å². The third-order valence-electron chi connectivity index (χ3n) is 4.23. The highest BCUT2D eigenvalue weighted by Gasteiger charge is 2.41. The lowest BCUT2D eigenvalue weighted by molar-refractivity contribution is -0.148. The number of carbonyl (C=O) groups excluding carboxylic acids is 2. The summed E-state index contributed by atoms with van der Waals surface area (Å²) >= 11 is 0. The fourth-order valence-electron chi connectivity index (χ4n) is 2.54. The van der Waals surface area contributed by atoms with Crippen molar-refractivity contribution in [3.63, 3.8) is 0 Å². The van der Waals surface area contributed by atoms with Crippen LogP contribution in [-0.2, 0) is 4.79 Å². The van der Waals surface area contributed by atoms with Crippen LogP contribution >= 0.6 is 0 Å². The molecule has 186 valence electrons. The van der Waals surface area contributed by atoms with E-state index in [2.05, 4.69) is 39.2 Å². The molecule has 7 nitrogen and oxygen atoms in total. The van der Waals surface area contributed by atoms with Crippen molar-refractivity contribution in [1.82, 2.24) is 15.3 Å². The Kier molecular flexibility index (Phi) is 10.7. The Labute approximate surface area is 192 Å². The molecule has 0 fully saturated rings. The lowest BCUT2D eigenvalue weighted by Gasteiger charge is -2.17. The fraction of sp³-hybridized carbons (Fsp3) is 0.455. The van der Waals surface area contributed by atoms with E-state index in [9.17, 15) is 22.4 Å². The van der Waals surface area contributed by atoms with Crippen molar-refractivity contribution in [2.45, 2.75) is 46.1 Å². The third-order valence-corrected chi connectivity index (χ3v) is 4.23. The molecule has 2 heterocycles. The number of hydrogen-bond donors (Lipinski definition) is 2. The van der Waals surface area contributed by atoms with Crippen LogP contribution in [-0.4, -0.2) is 48.2 Å². The van der Waals surface area contributed by atoms with E-state index in [-0.39, 0.29) is 20.3 Å². The van der Waals surface area contributed by atoms with E-state index in [1.165, 1.54) is 12.1 Å². The number of ether oxygens (including phenoxy) is 1. The van der Waals surface area contributed by atoms with Gasteiger partial charge in [0, 0.05) is 15.1 Å². The lowest BCUT2D eigenvalue weighted by atomic mass is 10.1. The first-order valence-corrected chi connectivity index (χ1v) is 10.0. The van der Waals surface area contributed by atoms with Crippen molar-refractivity contribution >= 4 is 18.5 Å². The van der Waals surface area contributed by atoms with E-state index in [1.807, 2.05) is 32.8 Å². The van der Waals surface area contributed by atoms with Gasteiger partial charge in [0.15, 0.2) is 6.61 Å². The molecule has 11 heteroatoms. The first kappa shape index (κ1) is 27.8. The Bertz CT molecular complexity index is 907. The summed E-state index contributed by atoms with van der Waals surface area (Å²) in [4.78, 5) is 28.8. The number of halogens is 4. The van der Waals surface area contributed by atoms with Gasteiger partial charge in [-0.1, -0.05) is 13.8 Å². The number of nitrogens with one attached hydrogen (secondary N) is 2. The van der Waals surface area contributed by atoms with E-state index in [1.54, 1.807) is 0 Å². The summed E-state index contributed by atoms with van der Waals surface area (Å²) in [6, 6.07) is 5.85. The molecular weight excluding hydrogens is 444 g/mol. The summed E-state index contributed by atoms with van der Waals surface area (Å²) < 4.78 is 54.8. The highest BCUT2D eigenvalue weighted by molar-refractivity contribution is 5.92.